The van der Waals surface area contributed by atoms with E-state index in [1.165, 1.54) is 0 Å². The second-order valence-electron chi connectivity index (χ2n) is 6.84. The van der Waals surface area contributed by atoms with Crippen LogP contribution in [-0.2, 0) is 0 Å². The Bertz CT molecular complexity index is 1080. The molecule has 27 heavy (non-hydrogen) atoms. The molecule has 0 bridgehead atoms. The molecule has 1 amide bonds. The summed E-state index contributed by atoms with van der Waals surface area (Å²) in [4.78, 5) is 24.1. The lowest BCUT2D eigenvalue weighted by Crippen LogP contribution is -2.33. The van der Waals surface area contributed by atoms with Crippen LogP contribution >= 0.6 is 11.6 Å². The van der Waals surface area contributed by atoms with Gasteiger partial charge in [-0.05, 0) is 24.1 Å². The number of para-hydroxylation sites is 3. The van der Waals surface area contributed by atoms with E-state index in [9.17, 15) is 4.79 Å². The Hall–Kier alpha value is -2.79. The monoisotopic (exact) mass is 380 g/mol. The first kappa shape index (κ1) is 17.6. The van der Waals surface area contributed by atoms with Crippen molar-refractivity contribution in [3.8, 4) is 0 Å². The van der Waals surface area contributed by atoms with Gasteiger partial charge in [0, 0.05) is 10.9 Å². The van der Waals surface area contributed by atoms with Crippen LogP contribution in [0.3, 0.4) is 0 Å². The molecule has 4 rings (SSSR count). The topological polar surface area (TPSA) is 73.6 Å². The number of amides is 1. The van der Waals surface area contributed by atoms with Gasteiger partial charge in [-0.3, -0.25) is 4.79 Å². The number of fused-ring (bicyclic) bond motifs is 2. The van der Waals surface area contributed by atoms with Gasteiger partial charge >= 0.3 is 0 Å². The van der Waals surface area contributed by atoms with Gasteiger partial charge in [-0.2, -0.15) is 0 Å². The van der Waals surface area contributed by atoms with Gasteiger partial charge in [0.2, 0.25) is 0 Å². The SMILES string of the molecule is CCC(C)C(NC(=O)c1[nH]c2ccccc2c1Cl)c1nc2ccccc2[nH]1. The van der Waals surface area contributed by atoms with Crippen LogP contribution in [-0.4, -0.2) is 20.9 Å². The van der Waals surface area contributed by atoms with Crippen LogP contribution in [0.4, 0.5) is 0 Å². The molecule has 2 unspecified atom stereocenters. The fraction of sp³-hybridized carbons (Fsp3) is 0.238. The zero-order chi connectivity index (χ0) is 19.0. The molecular weight excluding hydrogens is 360 g/mol. The Balaban J connectivity index is 1.68. The summed E-state index contributed by atoms with van der Waals surface area (Å²) in [7, 11) is 0. The van der Waals surface area contributed by atoms with E-state index in [4.69, 9.17) is 11.6 Å². The minimum atomic E-state index is -0.239. The summed E-state index contributed by atoms with van der Waals surface area (Å²) < 4.78 is 0. The lowest BCUT2D eigenvalue weighted by Gasteiger charge is -2.22. The lowest BCUT2D eigenvalue weighted by molar-refractivity contribution is 0.0916. The molecule has 2 heterocycles. The van der Waals surface area contributed by atoms with Crippen molar-refractivity contribution in [3.63, 3.8) is 0 Å². The average molecular weight is 381 g/mol. The first-order chi connectivity index (χ1) is 13.1. The van der Waals surface area contributed by atoms with E-state index in [0.717, 1.165) is 34.2 Å². The summed E-state index contributed by atoms with van der Waals surface area (Å²) in [6.07, 6.45) is 0.905. The molecule has 3 N–H and O–H groups in total. The third kappa shape index (κ3) is 3.19. The number of imidazole rings is 1. The zero-order valence-corrected chi connectivity index (χ0v) is 16.0. The molecule has 0 spiro atoms. The number of nitrogens with one attached hydrogen (secondary N) is 3. The van der Waals surface area contributed by atoms with E-state index >= 15 is 0 Å². The van der Waals surface area contributed by atoms with Gasteiger partial charge in [-0.25, -0.2) is 4.98 Å². The summed E-state index contributed by atoms with van der Waals surface area (Å²) in [6.45, 7) is 4.20. The van der Waals surface area contributed by atoms with E-state index in [-0.39, 0.29) is 17.9 Å². The Morgan fingerprint density at radius 3 is 2.52 bits per heavy atom. The van der Waals surface area contributed by atoms with Crippen LogP contribution in [0.25, 0.3) is 21.9 Å². The Morgan fingerprint density at radius 2 is 1.81 bits per heavy atom. The van der Waals surface area contributed by atoms with Crippen molar-refractivity contribution >= 4 is 39.4 Å². The number of rotatable bonds is 5. The van der Waals surface area contributed by atoms with Gasteiger partial charge in [0.05, 0.1) is 22.1 Å². The predicted octanol–water partition coefficient (Wildman–Crippen LogP) is 5.21. The minimum absolute atomic E-state index is 0.206. The number of aromatic nitrogens is 3. The Labute approximate surface area is 162 Å². The third-order valence-corrected chi connectivity index (χ3v) is 5.46. The molecule has 0 aliphatic carbocycles. The maximum atomic E-state index is 13.0. The standard InChI is InChI=1S/C21H21ClN4O/c1-3-12(2)18(20-24-15-10-6-7-11-16(15)25-20)26-21(27)19-17(22)13-8-4-5-9-14(13)23-19/h4-12,18,23H,3H2,1-2H3,(H,24,25)(H,26,27). The molecule has 5 nitrogen and oxygen atoms in total. The Morgan fingerprint density at radius 1 is 1.11 bits per heavy atom. The summed E-state index contributed by atoms with van der Waals surface area (Å²) in [5, 5.41) is 4.40. The number of hydrogen-bond donors (Lipinski definition) is 3. The van der Waals surface area contributed by atoms with Crippen LogP contribution < -0.4 is 5.32 Å². The third-order valence-electron chi connectivity index (χ3n) is 5.07. The smallest absolute Gasteiger partial charge is 0.269 e. The zero-order valence-electron chi connectivity index (χ0n) is 15.2. The molecule has 6 heteroatoms. The van der Waals surface area contributed by atoms with E-state index in [1.54, 1.807) is 0 Å². The summed E-state index contributed by atoms with van der Waals surface area (Å²) >= 11 is 6.44. The van der Waals surface area contributed by atoms with Gasteiger partial charge < -0.3 is 15.3 Å². The summed E-state index contributed by atoms with van der Waals surface area (Å²) in [5.74, 6) is 0.728. The molecule has 4 aromatic rings. The molecule has 0 saturated carbocycles. The van der Waals surface area contributed by atoms with Crippen LogP contribution in [0.1, 0.15) is 42.6 Å². The molecule has 0 saturated heterocycles. The van der Waals surface area contributed by atoms with Gasteiger partial charge in [0.15, 0.2) is 0 Å². The Kier molecular flexibility index (Phi) is 4.62. The number of carbonyl (C=O) groups excluding carboxylic acids is 1. The van der Waals surface area contributed by atoms with E-state index in [1.807, 2.05) is 48.5 Å². The van der Waals surface area contributed by atoms with E-state index < -0.39 is 0 Å². The van der Waals surface area contributed by atoms with Gasteiger partial charge in [0.1, 0.15) is 11.5 Å². The van der Waals surface area contributed by atoms with Crippen molar-refractivity contribution in [1.82, 2.24) is 20.3 Å². The number of aromatic amines is 2. The lowest BCUT2D eigenvalue weighted by atomic mass is 9.98. The van der Waals surface area contributed by atoms with Crippen LogP contribution in [0.5, 0.6) is 0 Å². The molecule has 0 radical (unpaired) electrons. The maximum Gasteiger partial charge on any atom is 0.269 e. The highest BCUT2D eigenvalue weighted by Gasteiger charge is 2.26. The van der Waals surface area contributed by atoms with E-state index in [0.29, 0.717) is 10.7 Å². The van der Waals surface area contributed by atoms with Crippen LogP contribution in [0.2, 0.25) is 5.02 Å². The number of halogens is 1. The van der Waals surface area contributed by atoms with Gasteiger partial charge in [0.25, 0.3) is 5.91 Å². The first-order valence-corrected chi connectivity index (χ1v) is 9.48. The summed E-state index contributed by atoms with van der Waals surface area (Å²) in [6, 6.07) is 15.2. The fourth-order valence-electron chi connectivity index (χ4n) is 3.31. The van der Waals surface area contributed by atoms with Crippen molar-refractivity contribution in [2.45, 2.75) is 26.3 Å². The number of H-pyrrole nitrogens is 2. The van der Waals surface area contributed by atoms with Crippen molar-refractivity contribution in [3.05, 3.63) is 65.1 Å². The van der Waals surface area contributed by atoms with Gasteiger partial charge in [-0.15, -0.1) is 0 Å². The number of benzene rings is 2. The molecule has 138 valence electrons. The number of nitrogens with zero attached hydrogens (tertiary/aromatic N) is 1. The average Bonchev–Trinajstić information content (AvgIpc) is 3.27. The van der Waals surface area contributed by atoms with Crippen LogP contribution in [0.15, 0.2) is 48.5 Å². The molecule has 2 aromatic heterocycles. The molecule has 2 aromatic carbocycles. The molecule has 0 aliphatic rings. The second kappa shape index (κ2) is 7.08. The largest absolute Gasteiger partial charge is 0.349 e. The second-order valence-corrected chi connectivity index (χ2v) is 7.21. The van der Waals surface area contributed by atoms with Gasteiger partial charge in [-0.1, -0.05) is 62.2 Å². The molecular formula is C21H21ClN4O. The highest BCUT2D eigenvalue weighted by atomic mass is 35.5. The quantitative estimate of drug-likeness (QED) is 0.444. The van der Waals surface area contributed by atoms with Crippen molar-refractivity contribution in [1.29, 1.82) is 0 Å². The fourth-order valence-corrected chi connectivity index (χ4v) is 3.61. The highest BCUT2D eigenvalue weighted by Crippen LogP contribution is 2.29. The maximum absolute atomic E-state index is 13.0. The molecule has 0 fully saturated rings. The predicted molar refractivity (Wildman–Crippen MR) is 109 cm³/mol. The van der Waals surface area contributed by atoms with Crippen molar-refractivity contribution in [2.24, 2.45) is 5.92 Å². The number of hydrogen-bond acceptors (Lipinski definition) is 2. The normalized spacial score (nSPS) is 13.7. The van der Waals surface area contributed by atoms with Crippen molar-refractivity contribution in [2.75, 3.05) is 0 Å². The van der Waals surface area contributed by atoms with Crippen molar-refractivity contribution < 1.29 is 4.79 Å². The number of carbonyl (C=O) groups is 1. The van der Waals surface area contributed by atoms with Crippen LogP contribution in [0, 0.1) is 5.92 Å². The summed E-state index contributed by atoms with van der Waals surface area (Å²) in [5.41, 5.74) is 3.07. The highest BCUT2D eigenvalue weighted by molar-refractivity contribution is 6.38. The molecule has 0 aliphatic heterocycles. The minimum Gasteiger partial charge on any atom is -0.349 e. The molecule has 2 atom stereocenters. The van der Waals surface area contributed by atoms with E-state index in [2.05, 4.69) is 34.1 Å². The first-order valence-electron chi connectivity index (χ1n) is 9.10.